The molecule has 170 valence electrons. The molecule has 2 aromatic carbocycles. The Morgan fingerprint density at radius 2 is 1.69 bits per heavy atom. The molecule has 0 saturated carbocycles. The molecule has 1 aromatic heterocycles. The third-order valence-electron chi connectivity index (χ3n) is 5.54. The SMILES string of the molecule is COc1cc2oc(-c3ccc(O)cc3)cc(=O)c2c(O)c1[C@H]1O[C@@H](CO)[C@H](O)[C@@H](O)[C@@H]1O. The molecule has 32 heavy (non-hydrogen) atoms. The normalized spacial score (nSPS) is 25.7. The Bertz CT molecular complexity index is 1180. The summed E-state index contributed by atoms with van der Waals surface area (Å²) < 4.78 is 16.6. The highest BCUT2D eigenvalue weighted by Gasteiger charge is 2.46. The number of ether oxygens (including phenoxy) is 2. The number of benzene rings is 2. The van der Waals surface area contributed by atoms with E-state index in [2.05, 4.69) is 0 Å². The van der Waals surface area contributed by atoms with Crippen molar-refractivity contribution in [2.45, 2.75) is 30.5 Å². The number of methoxy groups -OCH3 is 1. The molecule has 1 saturated heterocycles. The van der Waals surface area contributed by atoms with Gasteiger partial charge in [0, 0.05) is 17.7 Å². The fourth-order valence-electron chi connectivity index (χ4n) is 3.85. The summed E-state index contributed by atoms with van der Waals surface area (Å²) in [5.74, 6) is -0.370. The van der Waals surface area contributed by atoms with E-state index < -0.39 is 48.3 Å². The number of aliphatic hydroxyl groups is 4. The lowest BCUT2D eigenvalue weighted by molar-refractivity contribution is -0.232. The van der Waals surface area contributed by atoms with Crippen molar-refractivity contribution in [3.63, 3.8) is 0 Å². The van der Waals surface area contributed by atoms with Crippen molar-refractivity contribution in [2.75, 3.05) is 13.7 Å². The molecule has 1 aliphatic heterocycles. The van der Waals surface area contributed by atoms with Crippen molar-refractivity contribution in [3.8, 4) is 28.6 Å². The van der Waals surface area contributed by atoms with Gasteiger partial charge in [-0.15, -0.1) is 0 Å². The van der Waals surface area contributed by atoms with Gasteiger partial charge in [-0.25, -0.2) is 0 Å². The first kappa shape index (κ1) is 22.1. The van der Waals surface area contributed by atoms with E-state index in [0.717, 1.165) is 6.07 Å². The highest BCUT2D eigenvalue weighted by Crippen LogP contribution is 2.45. The van der Waals surface area contributed by atoms with Crippen molar-refractivity contribution in [3.05, 3.63) is 52.2 Å². The van der Waals surface area contributed by atoms with E-state index in [1.807, 2.05) is 0 Å². The molecule has 1 aliphatic rings. The van der Waals surface area contributed by atoms with Crippen LogP contribution in [0.3, 0.4) is 0 Å². The number of hydrogen-bond acceptors (Lipinski definition) is 10. The van der Waals surface area contributed by atoms with Crippen molar-refractivity contribution in [1.29, 1.82) is 0 Å². The minimum absolute atomic E-state index is 0.00895. The lowest BCUT2D eigenvalue weighted by atomic mass is 9.89. The molecule has 0 aliphatic carbocycles. The van der Waals surface area contributed by atoms with Crippen LogP contribution in [0.4, 0.5) is 0 Å². The summed E-state index contributed by atoms with van der Waals surface area (Å²) in [6, 6.07) is 8.46. The van der Waals surface area contributed by atoms with Gasteiger partial charge in [-0.1, -0.05) is 0 Å². The molecule has 0 spiro atoms. The van der Waals surface area contributed by atoms with E-state index in [9.17, 15) is 35.4 Å². The van der Waals surface area contributed by atoms with Crippen LogP contribution in [0, 0.1) is 0 Å². The van der Waals surface area contributed by atoms with E-state index in [1.54, 1.807) is 12.1 Å². The van der Waals surface area contributed by atoms with Gasteiger partial charge in [-0.3, -0.25) is 4.79 Å². The molecule has 4 rings (SSSR count). The average molecular weight is 446 g/mol. The second kappa shape index (κ2) is 8.41. The van der Waals surface area contributed by atoms with E-state index >= 15 is 0 Å². The van der Waals surface area contributed by atoms with Crippen LogP contribution in [0.15, 0.2) is 45.6 Å². The van der Waals surface area contributed by atoms with Gasteiger partial charge in [-0.2, -0.15) is 0 Å². The highest BCUT2D eigenvalue weighted by molar-refractivity contribution is 5.88. The number of aliphatic hydroxyl groups excluding tert-OH is 4. The maximum absolute atomic E-state index is 12.9. The number of aromatic hydroxyl groups is 2. The molecule has 10 nitrogen and oxygen atoms in total. The smallest absolute Gasteiger partial charge is 0.197 e. The summed E-state index contributed by atoms with van der Waals surface area (Å²) in [7, 11) is 1.29. The number of phenolic OH excluding ortho intramolecular Hbond substituents is 2. The van der Waals surface area contributed by atoms with E-state index in [1.165, 1.54) is 25.3 Å². The zero-order valence-electron chi connectivity index (χ0n) is 16.9. The Labute approximate surface area is 181 Å². The summed E-state index contributed by atoms with van der Waals surface area (Å²) in [4.78, 5) is 12.9. The van der Waals surface area contributed by atoms with Crippen LogP contribution >= 0.6 is 0 Å². The molecule has 6 N–H and O–H groups in total. The Hall–Kier alpha value is -3.15. The number of hydrogen-bond donors (Lipinski definition) is 6. The first-order valence-corrected chi connectivity index (χ1v) is 9.74. The van der Waals surface area contributed by atoms with Crippen LogP contribution in [0.5, 0.6) is 17.2 Å². The largest absolute Gasteiger partial charge is 0.508 e. The zero-order valence-corrected chi connectivity index (χ0v) is 16.9. The van der Waals surface area contributed by atoms with Crippen LogP contribution in [0.2, 0.25) is 0 Å². The molecule has 0 amide bonds. The molecule has 3 aromatic rings. The average Bonchev–Trinajstić information content (AvgIpc) is 2.78. The van der Waals surface area contributed by atoms with Crippen LogP contribution in [0.1, 0.15) is 11.7 Å². The summed E-state index contributed by atoms with van der Waals surface area (Å²) in [6.07, 6.45) is -7.59. The summed E-state index contributed by atoms with van der Waals surface area (Å²) >= 11 is 0. The lowest BCUT2D eigenvalue weighted by Crippen LogP contribution is -2.55. The standard InChI is InChI=1S/C22H22O10/c1-30-13-7-14-16(11(25)6-12(31-14)9-2-4-10(24)5-3-9)19(27)17(13)22-21(29)20(28)18(26)15(8-23)32-22/h2-7,15,18,20-24,26-29H,8H2,1H3/t15-,18-,20+,21-,22+/m0/s1. The van der Waals surface area contributed by atoms with Gasteiger partial charge in [0.05, 0.1) is 19.3 Å². The quantitative estimate of drug-likeness (QED) is 0.330. The molecule has 10 heteroatoms. The van der Waals surface area contributed by atoms with Gasteiger partial charge in [0.15, 0.2) is 5.43 Å². The van der Waals surface area contributed by atoms with Crippen molar-refractivity contribution in [1.82, 2.24) is 0 Å². The predicted molar refractivity (Wildman–Crippen MR) is 111 cm³/mol. The Morgan fingerprint density at radius 1 is 1.00 bits per heavy atom. The molecule has 0 bridgehead atoms. The first-order chi connectivity index (χ1) is 15.3. The summed E-state index contributed by atoms with van der Waals surface area (Å²) in [5, 5.41) is 60.3. The minimum atomic E-state index is -1.69. The fourth-order valence-corrected chi connectivity index (χ4v) is 3.85. The Balaban J connectivity index is 1.89. The van der Waals surface area contributed by atoms with Crippen LogP contribution in [-0.2, 0) is 4.74 Å². The molecule has 5 atom stereocenters. The van der Waals surface area contributed by atoms with Gasteiger partial charge in [0.2, 0.25) is 0 Å². The Kier molecular flexibility index (Phi) is 5.80. The maximum Gasteiger partial charge on any atom is 0.197 e. The number of rotatable bonds is 4. The molecule has 1 fully saturated rings. The number of phenols is 2. The molecule has 2 heterocycles. The van der Waals surface area contributed by atoms with Crippen LogP contribution in [0.25, 0.3) is 22.3 Å². The van der Waals surface area contributed by atoms with Gasteiger partial charge in [-0.05, 0) is 24.3 Å². The van der Waals surface area contributed by atoms with Crippen molar-refractivity contribution in [2.24, 2.45) is 0 Å². The predicted octanol–water partition coefficient (Wildman–Crippen LogP) is 0.395. The second-order valence-corrected chi connectivity index (χ2v) is 7.49. The molecular formula is C22H22O10. The summed E-state index contributed by atoms with van der Waals surface area (Å²) in [6.45, 7) is -0.657. The first-order valence-electron chi connectivity index (χ1n) is 9.74. The monoisotopic (exact) mass is 446 g/mol. The Morgan fingerprint density at radius 3 is 2.31 bits per heavy atom. The lowest BCUT2D eigenvalue weighted by Gasteiger charge is -2.40. The van der Waals surface area contributed by atoms with Crippen LogP contribution < -0.4 is 10.2 Å². The zero-order chi connectivity index (χ0) is 23.2. The van der Waals surface area contributed by atoms with E-state index in [4.69, 9.17) is 13.9 Å². The molecular weight excluding hydrogens is 424 g/mol. The number of fused-ring (bicyclic) bond motifs is 1. The van der Waals surface area contributed by atoms with Crippen LogP contribution in [-0.4, -0.2) is 68.8 Å². The molecule has 0 radical (unpaired) electrons. The van der Waals surface area contributed by atoms with Gasteiger partial charge in [0.25, 0.3) is 0 Å². The fraction of sp³-hybridized carbons (Fsp3) is 0.318. The topological polar surface area (TPSA) is 170 Å². The highest BCUT2D eigenvalue weighted by atomic mass is 16.5. The van der Waals surface area contributed by atoms with E-state index in [-0.39, 0.29) is 33.8 Å². The van der Waals surface area contributed by atoms with Crippen molar-refractivity contribution >= 4 is 11.0 Å². The maximum atomic E-state index is 12.9. The second-order valence-electron chi connectivity index (χ2n) is 7.49. The minimum Gasteiger partial charge on any atom is -0.508 e. The van der Waals surface area contributed by atoms with Gasteiger partial charge >= 0.3 is 0 Å². The molecule has 0 unspecified atom stereocenters. The summed E-state index contributed by atoms with van der Waals surface area (Å²) in [5.41, 5.74) is -0.233. The van der Waals surface area contributed by atoms with Crippen molar-refractivity contribution < 1.29 is 44.5 Å². The van der Waals surface area contributed by atoms with Gasteiger partial charge in [0.1, 0.15) is 64.5 Å². The van der Waals surface area contributed by atoms with E-state index in [0.29, 0.717) is 5.56 Å². The third-order valence-corrected chi connectivity index (χ3v) is 5.54. The van der Waals surface area contributed by atoms with Gasteiger partial charge < -0.3 is 44.5 Å². The third kappa shape index (κ3) is 3.57.